The van der Waals surface area contributed by atoms with Gasteiger partial charge in [-0.2, -0.15) is 0 Å². The first-order valence-electron chi connectivity index (χ1n) is 7.28. The van der Waals surface area contributed by atoms with E-state index in [2.05, 4.69) is 14.7 Å². The van der Waals surface area contributed by atoms with E-state index in [1.165, 1.54) is 6.33 Å². The molecule has 0 saturated carbocycles. The predicted molar refractivity (Wildman–Crippen MR) is 91.0 cm³/mol. The van der Waals surface area contributed by atoms with Gasteiger partial charge in [-0.1, -0.05) is 13.8 Å². The maximum atomic E-state index is 12.0. The summed E-state index contributed by atoms with van der Waals surface area (Å²) in [4.78, 5) is 8.20. The maximum absolute atomic E-state index is 12.0. The van der Waals surface area contributed by atoms with Crippen molar-refractivity contribution in [2.75, 3.05) is 17.6 Å². The summed E-state index contributed by atoms with van der Waals surface area (Å²) in [5.74, 6) is 0.688. The highest BCUT2D eigenvalue weighted by atomic mass is 32.2. The summed E-state index contributed by atoms with van der Waals surface area (Å²) in [5, 5.41) is 0. The summed E-state index contributed by atoms with van der Waals surface area (Å²) in [6, 6.07) is 5.18. The minimum Gasteiger partial charge on any atom is -0.496 e. The monoisotopic (exact) mass is 335 g/mol. The van der Waals surface area contributed by atoms with Crippen LogP contribution >= 0.6 is 0 Å². The molecule has 7 heteroatoms. The Labute approximate surface area is 137 Å². The van der Waals surface area contributed by atoms with Gasteiger partial charge in [-0.05, 0) is 25.0 Å². The Morgan fingerprint density at radius 1 is 1.26 bits per heavy atom. The normalized spacial score (nSPS) is 11.5. The smallest absolute Gasteiger partial charge is 0.232 e. The summed E-state index contributed by atoms with van der Waals surface area (Å²) in [7, 11) is -1.83. The van der Waals surface area contributed by atoms with E-state index in [-0.39, 0.29) is 11.7 Å². The van der Waals surface area contributed by atoms with Crippen LogP contribution in [0.5, 0.6) is 5.75 Å². The SMILES string of the molecule is COc1cc(NS(=O)(=O)CC(C)C)ccc1-c1cncnc1C. The second kappa shape index (κ2) is 6.95. The van der Waals surface area contributed by atoms with Crippen molar-refractivity contribution in [3.05, 3.63) is 36.4 Å². The Morgan fingerprint density at radius 2 is 2.00 bits per heavy atom. The van der Waals surface area contributed by atoms with E-state index in [0.717, 1.165) is 16.8 Å². The fourth-order valence-corrected chi connectivity index (χ4v) is 3.74. The molecular formula is C16H21N3O3S. The molecule has 0 saturated heterocycles. The lowest BCUT2D eigenvalue weighted by Crippen LogP contribution is -2.20. The first kappa shape index (κ1) is 17.2. The van der Waals surface area contributed by atoms with Gasteiger partial charge in [-0.3, -0.25) is 4.72 Å². The number of benzene rings is 1. The van der Waals surface area contributed by atoms with E-state index in [1.54, 1.807) is 31.5 Å². The third kappa shape index (κ3) is 4.41. The van der Waals surface area contributed by atoms with Crippen molar-refractivity contribution in [3.8, 4) is 16.9 Å². The van der Waals surface area contributed by atoms with E-state index in [9.17, 15) is 8.42 Å². The largest absolute Gasteiger partial charge is 0.496 e. The van der Waals surface area contributed by atoms with Crippen LogP contribution in [0.25, 0.3) is 11.1 Å². The van der Waals surface area contributed by atoms with Gasteiger partial charge in [0.15, 0.2) is 0 Å². The van der Waals surface area contributed by atoms with E-state index in [0.29, 0.717) is 11.4 Å². The topological polar surface area (TPSA) is 81.2 Å². The molecule has 1 aromatic carbocycles. The minimum atomic E-state index is -3.37. The second-order valence-corrected chi connectivity index (χ2v) is 7.48. The molecule has 1 N–H and O–H groups in total. The summed E-state index contributed by atoms with van der Waals surface area (Å²) in [6.45, 7) is 5.61. The first-order chi connectivity index (χ1) is 10.8. The van der Waals surface area contributed by atoms with Gasteiger partial charge in [-0.15, -0.1) is 0 Å². The molecule has 0 fully saturated rings. The van der Waals surface area contributed by atoms with E-state index in [1.807, 2.05) is 20.8 Å². The van der Waals surface area contributed by atoms with Gasteiger partial charge in [0.05, 0.1) is 18.6 Å². The average molecular weight is 335 g/mol. The molecule has 0 aliphatic heterocycles. The summed E-state index contributed by atoms with van der Waals surface area (Å²) in [5.41, 5.74) is 2.96. The number of hydrogen-bond donors (Lipinski definition) is 1. The van der Waals surface area contributed by atoms with Crippen LogP contribution in [0.2, 0.25) is 0 Å². The molecule has 124 valence electrons. The zero-order chi connectivity index (χ0) is 17.0. The lowest BCUT2D eigenvalue weighted by atomic mass is 10.0. The molecule has 1 heterocycles. The zero-order valence-electron chi connectivity index (χ0n) is 13.7. The standard InChI is InChI=1S/C16H21N3O3S/c1-11(2)9-23(20,21)19-13-5-6-14(16(7-13)22-4)15-8-17-10-18-12(15)3/h5-8,10-11,19H,9H2,1-4H3. The van der Waals surface area contributed by atoms with Gasteiger partial charge in [0, 0.05) is 29.1 Å². The van der Waals surface area contributed by atoms with Crippen LogP contribution in [0, 0.1) is 12.8 Å². The highest BCUT2D eigenvalue weighted by Crippen LogP contribution is 2.33. The van der Waals surface area contributed by atoms with Crippen molar-refractivity contribution in [3.63, 3.8) is 0 Å². The molecule has 0 spiro atoms. The molecule has 23 heavy (non-hydrogen) atoms. The molecule has 0 atom stereocenters. The van der Waals surface area contributed by atoms with Crippen LogP contribution in [0.15, 0.2) is 30.7 Å². The third-order valence-electron chi connectivity index (χ3n) is 3.23. The molecule has 0 aliphatic rings. The van der Waals surface area contributed by atoms with Gasteiger partial charge in [0.1, 0.15) is 12.1 Å². The van der Waals surface area contributed by atoms with E-state index in [4.69, 9.17) is 4.74 Å². The molecule has 6 nitrogen and oxygen atoms in total. The van der Waals surface area contributed by atoms with Gasteiger partial charge >= 0.3 is 0 Å². The number of rotatable bonds is 6. The highest BCUT2D eigenvalue weighted by Gasteiger charge is 2.15. The van der Waals surface area contributed by atoms with Gasteiger partial charge in [0.2, 0.25) is 10.0 Å². The molecule has 2 rings (SSSR count). The van der Waals surface area contributed by atoms with Crippen molar-refractivity contribution in [1.82, 2.24) is 9.97 Å². The quantitative estimate of drug-likeness (QED) is 0.878. The Bertz CT molecular complexity index is 789. The summed E-state index contributed by atoms with van der Waals surface area (Å²) < 4.78 is 32.1. The molecular weight excluding hydrogens is 314 g/mol. The summed E-state index contributed by atoms with van der Waals surface area (Å²) in [6.07, 6.45) is 3.20. The zero-order valence-corrected chi connectivity index (χ0v) is 14.5. The van der Waals surface area contributed by atoms with Crippen molar-refractivity contribution < 1.29 is 13.2 Å². The Morgan fingerprint density at radius 3 is 2.61 bits per heavy atom. The number of ether oxygens (including phenoxy) is 1. The predicted octanol–water partition coefficient (Wildman–Crippen LogP) is 2.86. The Kier molecular flexibility index (Phi) is 5.20. The molecule has 2 aromatic rings. The van der Waals surface area contributed by atoms with E-state index >= 15 is 0 Å². The van der Waals surface area contributed by atoms with Crippen LogP contribution in [0.3, 0.4) is 0 Å². The van der Waals surface area contributed by atoms with E-state index < -0.39 is 10.0 Å². The molecule has 0 aliphatic carbocycles. The lowest BCUT2D eigenvalue weighted by molar-refractivity contribution is 0.416. The van der Waals surface area contributed by atoms with Gasteiger partial charge < -0.3 is 4.74 Å². The Hall–Kier alpha value is -2.15. The Balaban J connectivity index is 2.36. The number of aryl methyl sites for hydroxylation is 1. The fourth-order valence-electron chi connectivity index (χ4n) is 2.29. The minimum absolute atomic E-state index is 0.0535. The first-order valence-corrected chi connectivity index (χ1v) is 8.93. The van der Waals surface area contributed by atoms with Crippen LogP contribution in [0.4, 0.5) is 5.69 Å². The number of anilines is 1. The van der Waals surface area contributed by atoms with Crippen LogP contribution in [0.1, 0.15) is 19.5 Å². The molecule has 0 unspecified atom stereocenters. The van der Waals surface area contributed by atoms with Crippen molar-refractivity contribution in [2.45, 2.75) is 20.8 Å². The number of sulfonamides is 1. The fraction of sp³-hybridized carbons (Fsp3) is 0.375. The average Bonchev–Trinajstić information content (AvgIpc) is 2.46. The summed E-state index contributed by atoms with van der Waals surface area (Å²) >= 11 is 0. The number of methoxy groups -OCH3 is 1. The van der Waals surface area contributed by atoms with Crippen LogP contribution in [-0.2, 0) is 10.0 Å². The third-order valence-corrected chi connectivity index (χ3v) is 4.88. The molecule has 1 aromatic heterocycles. The van der Waals surface area contributed by atoms with Crippen molar-refractivity contribution in [2.24, 2.45) is 5.92 Å². The van der Waals surface area contributed by atoms with Gasteiger partial charge in [-0.25, -0.2) is 18.4 Å². The number of nitrogens with one attached hydrogen (secondary N) is 1. The molecule has 0 amide bonds. The molecule has 0 radical (unpaired) electrons. The molecule has 0 bridgehead atoms. The second-order valence-electron chi connectivity index (χ2n) is 5.71. The number of aromatic nitrogens is 2. The lowest BCUT2D eigenvalue weighted by Gasteiger charge is -2.14. The van der Waals surface area contributed by atoms with Crippen molar-refractivity contribution >= 4 is 15.7 Å². The van der Waals surface area contributed by atoms with Crippen LogP contribution in [-0.4, -0.2) is 31.2 Å². The number of hydrogen-bond acceptors (Lipinski definition) is 5. The maximum Gasteiger partial charge on any atom is 0.232 e. The highest BCUT2D eigenvalue weighted by molar-refractivity contribution is 7.92. The van der Waals surface area contributed by atoms with Crippen molar-refractivity contribution in [1.29, 1.82) is 0 Å². The number of nitrogens with zero attached hydrogens (tertiary/aromatic N) is 2. The van der Waals surface area contributed by atoms with Gasteiger partial charge in [0.25, 0.3) is 0 Å². The van der Waals surface area contributed by atoms with Crippen LogP contribution < -0.4 is 9.46 Å².